The average Bonchev–Trinajstić information content (AvgIpc) is 3.26. The SMILES string of the molecule is C[SiH-](C)(C)c1ccc(N(c2ccc(C#N)cc2)c2ccc(/C=C/c3ccc(/C=C/c4ccc(N(c5ccc(C#N)cc5)c5ccc([SiH-](C)(C)C)cc5)cc4)cc3)cc2)cc1. The van der Waals surface area contributed by atoms with Crippen molar-refractivity contribution in [3.8, 4) is 12.1 Å². The predicted molar refractivity (Wildman–Crippen MR) is 265 cm³/mol. The van der Waals surface area contributed by atoms with Crippen molar-refractivity contribution in [1.29, 1.82) is 10.5 Å². The van der Waals surface area contributed by atoms with E-state index in [9.17, 15) is 10.5 Å². The van der Waals surface area contributed by atoms with Crippen LogP contribution in [0.25, 0.3) is 24.3 Å². The minimum atomic E-state index is -1.73. The van der Waals surface area contributed by atoms with Gasteiger partial charge in [-0.25, -0.2) is 0 Å². The van der Waals surface area contributed by atoms with Gasteiger partial charge in [-0.2, -0.15) is 0 Å². The van der Waals surface area contributed by atoms with E-state index >= 15 is 0 Å². The predicted octanol–water partition coefficient (Wildman–Crippen LogP) is 13.3. The van der Waals surface area contributed by atoms with Crippen LogP contribution in [-0.4, -0.2) is 16.1 Å². The molecule has 0 aliphatic rings. The van der Waals surface area contributed by atoms with E-state index in [0.29, 0.717) is 11.1 Å². The molecule has 0 atom stereocenters. The summed E-state index contributed by atoms with van der Waals surface area (Å²) in [5.41, 5.74) is 12.1. The van der Waals surface area contributed by atoms with Crippen molar-refractivity contribution in [3.63, 3.8) is 0 Å². The van der Waals surface area contributed by atoms with Crippen molar-refractivity contribution in [2.45, 2.75) is 39.3 Å². The van der Waals surface area contributed by atoms with Gasteiger partial charge in [0.2, 0.25) is 0 Å². The summed E-state index contributed by atoms with van der Waals surface area (Å²) >= 11 is 0. The van der Waals surface area contributed by atoms with E-state index in [1.807, 2.05) is 48.5 Å². The monoisotopic (exact) mass is 812 g/mol. The van der Waals surface area contributed by atoms with Gasteiger partial charge in [-0.1, -0.05) is 24.3 Å². The Morgan fingerprint density at radius 3 is 0.733 bits per heavy atom. The van der Waals surface area contributed by atoms with Crippen LogP contribution in [0.5, 0.6) is 0 Å². The first-order valence-corrected chi connectivity index (χ1v) is 29.0. The average molecular weight is 813 g/mol. The molecule has 7 aromatic rings. The van der Waals surface area contributed by atoms with E-state index in [-0.39, 0.29) is 0 Å². The van der Waals surface area contributed by atoms with E-state index < -0.39 is 16.1 Å². The third-order valence-electron chi connectivity index (χ3n) is 11.0. The van der Waals surface area contributed by atoms with Gasteiger partial charge >= 0.3 is 336 Å². The molecule has 298 valence electrons. The zero-order valence-electron chi connectivity index (χ0n) is 35.4. The normalized spacial score (nSPS) is 12.2. The van der Waals surface area contributed by atoms with Crippen molar-refractivity contribution in [2.75, 3.05) is 9.80 Å². The van der Waals surface area contributed by atoms with Crippen LogP contribution < -0.4 is 20.2 Å². The molecule has 0 amide bonds. The Kier molecular flexibility index (Phi) is 12.3. The molecule has 7 rings (SSSR count). The standard InChI is InChI=1S/C54H52N4Si2/c1-59(2,3)53-35-31-51(32-36-53)57(49-27-19-45(39-55)20-28-49)47-23-15-43(16-24-47)13-11-41-7-9-42(10-8-41)12-14-44-17-25-48(26-18-44)58(50-29-21-46(40-56)22-30-50)52-33-37-54(38-34-52)60(4,5)6/h7-38,59-60H,1-6H3/q-2/b13-11+,14-12+. The number of rotatable bonds is 12. The maximum atomic E-state index is 9.39. The molecule has 0 radical (unpaired) electrons. The van der Waals surface area contributed by atoms with Crippen LogP contribution in [0.3, 0.4) is 0 Å². The Bertz CT molecular complexity index is 2480. The number of nitrogens with zero attached hydrogens (tertiary/aromatic N) is 4. The summed E-state index contributed by atoms with van der Waals surface area (Å²) in [4.78, 5) is 4.49. The zero-order chi connectivity index (χ0) is 42.3. The summed E-state index contributed by atoms with van der Waals surface area (Å²) in [5, 5.41) is 21.7. The van der Waals surface area contributed by atoms with Crippen molar-refractivity contribution >= 4 is 84.9 Å². The minimum absolute atomic E-state index is 0.646. The number of hydrogen-bond acceptors (Lipinski definition) is 4. The van der Waals surface area contributed by atoms with E-state index in [1.165, 1.54) is 10.4 Å². The molecule has 60 heavy (non-hydrogen) atoms. The van der Waals surface area contributed by atoms with Gasteiger partial charge in [0, 0.05) is 0 Å². The summed E-state index contributed by atoms with van der Waals surface area (Å²) in [7, 11) is -3.46. The van der Waals surface area contributed by atoms with Crippen molar-refractivity contribution < 1.29 is 0 Å². The summed E-state index contributed by atoms with van der Waals surface area (Å²) in [6.07, 6.45) is 8.59. The molecule has 0 N–H and O–H groups in total. The molecule has 0 aromatic heterocycles. The van der Waals surface area contributed by atoms with Gasteiger partial charge < -0.3 is 0 Å². The van der Waals surface area contributed by atoms with E-state index in [4.69, 9.17) is 0 Å². The third-order valence-corrected chi connectivity index (χ3v) is 15.8. The molecule has 0 saturated heterocycles. The van der Waals surface area contributed by atoms with E-state index in [1.54, 1.807) is 0 Å². The topological polar surface area (TPSA) is 54.1 Å². The van der Waals surface area contributed by atoms with Crippen LogP contribution in [0.4, 0.5) is 34.1 Å². The van der Waals surface area contributed by atoms with Crippen LogP contribution in [-0.2, 0) is 0 Å². The molecule has 4 nitrogen and oxygen atoms in total. The van der Waals surface area contributed by atoms with Crippen molar-refractivity contribution in [2.24, 2.45) is 0 Å². The molecule has 0 aliphatic heterocycles. The van der Waals surface area contributed by atoms with Crippen LogP contribution in [0.2, 0.25) is 39.3 Å². The molecule has 0 heterocycles. The molecular weight excluding hydrogens is 761 g/mol. The zero-order valence-corrected chi connectivity index (χ0v) is 37.7. The molecule has 7 aromatic carbocycles. The molecule has 0 aliphatic carbocycles. The first-order chi connectivity index (χ1) is 28.9. The Hall–Kier alpha value is -6.97. The van der Waals surface area contributed by atoms with E-state index in [0.717, 1.165) is 56.4 Å². The van der Waals surface area contributed by atoms with Crippen LogP contribution in [0, 0.1) is 22.7 Å². The summed E-state index contributed by atoms with van der Waals surface area (Å²) in [6, 6.07) is 63.8. The number of nitriles is 2. The van der Waals surface area contributed by atoms with Crippen LogP contribution in [0.15, 0.2) is 170 Å². The molecule has 6 heteroatoms. The fourth-order valence-electron chi connectivity index (χ4n) is 7.24. The van der Waals surface area contributed by atoms with Gasteiger partial charge in [0.25, 0.3) is 0 Å². The maximum absolute atomic E-state index is 9.39. The van der Waals surface area contributed by atoms with Gasteiger partial charge in [-0.15, -0.1) is 0 Å². The second-order valence-electron chi connectivity index (χ2n) is 17.9. The summed E-state index contributed by atoms with van der Waals surface area (Å²) in [6.45, 7) is 14.4. The Labute approximate surface area is 358 Å². The van der Waals surface area contributed by atoms with Gasteiger partial charge in [-0.05, 0) is 0 Å². The van der Waals surface area contributed by atoms with Crippen molar-refractivity contribution in [1.82, 2.24) is 0 Å². The molecule has 0 fully saturated rings. The summed E-state index contributed by atoms with van der Waals surface area (Å²) < 4.78 is 0. The second-order valence-corrected chi connectivity index (χ2v) is 29.6. The van der Waals surface area contributed by atoms with Gasteiger partial charge in [0.05, 0.1) is 0 Å². The number of hydrogen-bond donors (Lipinski definition) is 0. The molecular formula is C54H52N4Si2-2. The fraction of sp³-hybridized carbons (Fsp3) is 0.111. The van der Waals surface area contributed by atoms with Gasteiger partial charge in [0.15, 0.2) is 0 Å². The van der Waals surface area contributed by atoms with Crippen LogP contribution >= 0.6 is 0 Å². The first kappa shape index (κ1) is 41.2. The molecule has 0 unspecified atom stereocenters. The number of anilines is 6. The third kappa shape index (κ3) is 10.00. The number of benzene rings is 7. The van der Waals surface area contributed by atoms with E-state index in [2.05, 4.69) is 207 Å². The summed E-state index contributed by atoms with van der Waals surface area (Å²) in [5.74, 6) is 0. The second kappa shape index (κ2) is 17.9. The van der Waals surface area contributed by atoms with Gasteiger partial charge in [0.1, 0.15) is 0 Å². The Morgan fingerprint density at radius 1 is 0.317 bits per heavy atom. The van der Waals surface area contributed by atoms with Gasteiger partial charge in [-0.3, -0.25) is 0 Å². The molecule has 0 bridgehead atoms. The van der Waals surface area contributed by atoms with Crippen molar-refractivity contribution in [3.05, 3.63) is 203 Å². The molecule has 0 spiro atoms. The molecule has 0 saturated carbocycles. The Morgan fingerprint density at radius 2 is 0.517 bits per heavy atom. The quantitative estimate of drug-likeness (QED) is 0.0911. The first-order valence-electron chi connectivity index (χ1n) is 20.9. The van der Waals surface area contributed by atoms with Crippen LogP contribution in [0.1, 0.15) is 33.4 Å². The fourth-order valence-corrected chi connectivity index (χ4v) is 9.93. The Balaban J connectivity index is 1.04.